The molecular formula is C15H18N2O2S. The lowest BCUT2D eigenvalue weighted by molar-refractivity contribution is -0.139. The van der Waals surface area contributed by atoms with Crippen molar-refractivity contribution in [3.63, 3.8) is 0 Å². The molecule has 1 N–H and O–H groups in total. The number of carbonyl (C=O) groups is 1. The number of carboxylic acid groups (broad SMARTS) is 1. The number of hydrogen-bond acceptors (Lipinski definition) is 4. The molecular weight excluding hydrogens is 272 g/mol. The van der Waals surface area contributed by atoms with Crippen LogP contribution in [0.15, 0.2) is 12.1 Å². The number of benzene rings is 1. The van der Waals surface area contributed by atoms with E-state index in [0.717, 1.165) is 34.7 Å². The Morgan fingerprint density at radius 1 is 1.35 bits per heavy atom. The van der Waals surface area contributed by atoms with Crippen LogP contribution in [-0.2, 0) is 4.79 Å². The van der Waals surface area contributed by atoms with Crippen LogP contribution in [0, 0.1) is 13.8 Å². The quantitative estimate of drug-likeness (QED) is 0.921. The molecule has 0 amide bonds. The van der Waals surface area contributed by atoms with E-state index in [-0.39, 0.29) is 0 Å². The van der Waals surface area contributed by atoms with E-state index in [1.807, 2.05) is 4.90 Å². The maximum Gasteiger partial charge on any atom is 0.326 e. The van der Waals surface area contributed by atoms with E-state index in [0.29, 0.717) is 6.42 Å². The standard InChI is InChI=1S/C15H18N2O2S/c1-9-7-11-13(8-10(9)2)20-15(16-11)17-6-4-3-5-12(17)14(18)19/h7-8,12H,3-6H2,1-2H3,(H,18,19). The summed E-state index contributed by atoms with van der Waals surface area (Å²) in [7, 11) is 0. The predicted octanol–water partition coefficient (Wildman–Crippen LogP) is 3.36. The molecule has 4 nitrogen and oxygen atoms in total. The molecule has 5 heteroatoms. The number of aromatic nitrogens is 1. The van der Waals surface area contributed by atoms with Crippen molar-refractivity contribution in [2.75, 3.05) is 11.4 Å². The molecule has 0 bridgehead atoms. The second-order valence-corrected chi connectivity index (χ2v) is 6.45. The predicted molar refractivity (Wildman–Crippen MR) is 81.7 cm³/mol. The minimum Gasteiger partial charge on any atom is -0.480 e. The maximum atomic E-state index is 11.4. The number of piperidine rings is 1. The summed E-state index contributed by atoms with van der Waals surface area (Å²) in [4.78, 5) is 18.0. The second kappa shape index (κ2) is 5.05. The molecule has 1 unspecified atom stereocenters. The van der Waals surface area contributed by atoms with Crippen LogP contribution in [-0.4, -0.2) is 28.6 Å². The minimum atomic E-state index is -0.740. The third kappa shape index (κ3) is 2.26. The van der Waals surface area contributed by atoms with Crippen LogP contribution < -0.4 is 4.90 Å². The molecule has 1 atom stereocenters. The van der Waals surface area contributed by atoms with Gasteiger partial charge in [0.05, 0.1) is 10.2 Å². The summed E-state index contributed by atoms with van der Waals surface area (Å²) in [5, 5.41) is 10.2. The number of aliphatic carboxylic acids is 1. The highest BCUT2D eigenvalue weighted by molar-refractivity contribution is 7.22. The summed E-state index contributed by atoms with van der Waals surface area (Å²) in [5.74, 6) is -0.740. The Labute approximate surface area is 122 Å². The number of aryl methyl sites for hydroxylation is 2. The number of carboxylic acids is 1. The lowest BCUT2D eigenvalue weighted by Gasteiger charge is -2.32. The van der Waals surface area contributed by atoms with E-state index >= 15 is 0 Å². The Morgan fingerprint density at radius 3 is 2.85 bits per heavy atom. The molecule has 0 saturated carbocycles. The normalized spacial score (nSPS) is 19.5. The van der Waals surface area contributed by atoms with Gasteiger partial charge in [0.15, 0.2) is 5.13 Å². The number of anilines is 1. The first-order valence-electron chi connectivity index (χ1n) is 6.93. The average Bonchev–Trinajstić information content (AvgIpc) is 2.82. The fourth-order valence-corrected chi connectivity index (χ4v) is 3.83. The van der Waals surface area contributed by atoms with Gasteiger partial charge in [-0.1, -0.05) is 11.3 Å². The van der Waals surface area contributed by atoms with E-state index in [4.69, 9.17) is 0 Å². The van der Waals surface area contributed by atoms with Crippen LogP contribution in [0.2, 0.25) is 0 Å². The van der Waals surface area contributed by atoms with Gasteiger partial charge in [0.25, 0.3) is 0 Å². The first kappa shape index (κ1) is 13.4. The smallest absolute Gasteiger partial charge is 0.326 e. The summed E-state index contributed by atoms with van der Waals surface area (Å²) >= 11 is 1.60. The van der Waals surface area contributed by atoms with E-state index in [1.54, 1.807) is 11.3 Å². The van der Waals surface area contributed by atoms with Crippen LogP contribution in [0.25, 0.3) is 10.2 Å². The zero-order chi connectivity index (χ0) is 14.3. The average molecular weight is 290 g/mol. The molecule has 106 valence electrons. The van der Waals surface area contributed by atoms with Gasteiger partial charge in [0.2, 0.25) is 0 Å². The van der Waals surface area contributed by atoms with E-state index in [2.05, 4.69) is 31.0 Å². The molecule has 2 aromatic rings. The van der Waals surface area contributed by atoms with E-state index in [1.165, 1.54) is 11.1 Å². The Hall–Kier alpha value is -1.62. The van der Waals surface area contributed by atoms with Crippen molar-refractivity contribution in [2.45, 2.75) is 39.2 Å². The summed E-state index contributed by atoms with van der Waals surface area (Å²) < 4.78 is 1.14. The molecule has 20 heavy (non-hydrogen) atoms. The van der Waals surface area contributed by atoms with Crippen LogP contribution >= 0.6 is 11.3 Å². The number of nitrogens with zero attached hydrogens (tertiary/aromatic N) is 2. The number of fused-ring (bicyclic) bond motifs is 1. The third-order valence-electron chi connectivity index (χ3n) is 4.03. The van der Waals surface area contributed by atoms with E-state index < -0.39 is 12.0 Å². The number of hydrogen-bond donors (Lipinski definition) is 1. The molecule has 0 aliphatic carbocycles. The van der Waals surface area contributed by atoms with Gasteiger partial charge in [0.1, 0.15) is 6.04 Å². The van der Waals surface area contributed by atoms with Gasteiger partial charge in [0, 0.05) is 6.54 Å². The first-order valence-corrected chi connectivity index (χ1v) is 7.75. The van der Waals surface area contributed by atoms with Gasteiger partial charge in [-0.2, -0.15) is 0 Å². The Bertz CT molecular complexity index is 626. The van der Waals surface area contributed by atoms with Crippen molar-refractivity contribution < 1.29 is 9.90 Å². The van der Waals surface area contributed by atoms with Crippen molar-refractivity contribution in [3.8, 4) is 0 Å². The summed E-state index contributed by atoms with van der Waals surface area (Å²) in [5.41, 5.74) is 3.45. The summed E-state index contributed by atoms with van der Waals surface area (Å²) in [6.07, 6.45) is 2.73. The molecule has 2 heterocycles. The highest BCUT2D eigenvalue weighted by Crippen LogP contribution is 2.34. The number of thiazole rings is 1. The molecule has 1 fully saturated rings. The molecule has 1 saturated heterocycles. The number of rotatable bonds is 2. The Morgan fingerprint density at radius 2 is 2.10 bits per heavy atom. The van der Waals surface area contributed by atoms with Crippen LogP contribution in [0.5, 0.6) is 0 Å². The zero-order valence-corrected chi connectivity index (χ0v) is 12.5. The highest BCUT2D eigenvalue weighted by atomic mass is 32.1. The van der Waals surface area contributed by atoms with Gasteiger partial charge in [-0.3, -0.25) is 0 Å². The Balaban J connectivity index is 2.02. The first-order chi connectivity index (χ1) is 9.56. The van der Waals surface area contributed by atoms with Crippen LogP contribution in [0.1, 0.15) is 30.4 Å². The van der Waals surface area contributed by atoms with Crippen molar-refractivity contribution in [1.82, 2.24) is 4.98 Å². The lowest BCUT2D eigenvalue weighted by Crippen LogP contribution is -2.44. The van der Waals surface area contributed by atoms with Crippen LogP contribution in [0.3, 0.4) is 0 Å². The summed E-state index contributed by atoms with van der Waals surface area (Å²) in [6, 6.07) is 3.81. The molecule has 1 aliphatic heterocycles. The van der Waals surface area contributed by atoms with Gasteiger partial charge in [-0.15, -0.1) is 0 Å². The van der Waals surface area contributed by atoms with Gasteiger partial charge in [-0.25, -0.2) is 9.78 Å². The highest BCUT2D eigenvalue weighted by Gasteiger charge is 2.30. The molecule has 1 aromatic heterocycles. The minimum absolute atomic E-state index is 0.425. The van der Waals surface area contributed by atoms with Gasteiger partial charge < -0.3 is 10.0 Å². The Kier molecular flexibility index (Phi) is 3.38. The summed E-state index contributed by atoms with van der Waals surface area (Å²) in [6.45, 7) is 4.96. The lowest BCUT2D eigenvalue weighted by atomic mass is 10.0. The zero-order valence-electron chi connectivity index (χ0n) is 11.7. The van der Waals surface area contributed by atoms with E-state index in [9.17, 15) is 9.90 Å². The van der Waals surface area contributed by atoms with Crippen molar-refractivity contribution in [3.05, 3.63) is 23.3 Å². The molecule has 3 rings (SSSR count). The fraction of sp³-hybridized carbons (Fsp3) is 0.467. The molecule has 1 aromatic carbocycles. The maximum absolute atomic E-state index is 11.4. The third-order valence-corrected chi connectivity index (χ3v) is 5.08. The van der Waals surface area contributed by atoms with Crippen molar-refractivity contribution in [2.24, 2.45) is 0 Å². The molecule has 0 radical (unpaired) electrons. The molecule has 0 spiro atoms. The second-order valence-electron chi connectivity index (χ2n) is 5.44. The largest absolute Gasteiger partial charge is 0.480 e. The topological polar surface area (TPSA) is 53.4 Å². The monoisotopic (exact) mass is 290 g/mol. The van der Waals surface area contributed by atoms with Crippen LogP contribution in [0.4, 0.5) is 5.13 Å². The van der Waals surface area contributed by atoms with Crippen molar-refractivity contribution >= 4 is 32.7 Å². The van der Waals surface area contributed by atoms with Crippen molar-refractivity contribution in [1.29, 1.82) is 0 Å². The fourth-order valence-electron chi connectivity index (χ4n) is 2.71. The molecule has 1 aliphatic rings. The SMILES string of the molecule is Cc1cc2nc(N3CCCCC3C(=O)O)sc2cc1C. The van der Waals surface area contributed by atoms with Gasteiger partial charge in [-0.05, 0) is 56.4 Å². The van der Waals surface area contributed by atoms with Gasteiger partial charge >= 0.3 is 5.97 Å².